The van der Waals surface area contributed by atoms with E-state index < -0.39 is 0 Å². The smallest absolute Gasteiger partial charge is 0.225 e. The molecule has 0 saturated heterocycles. The molecule has 0 aliphatic heterocycles. The molecule has 1 aromatic heterocycles. The summed E-state index contributed by atoms with van der Waals surface area (Å²) in [6.07, 6.45) is 4.37. The maximum Gasteiger partial charge on any atom is 0.225 e. The number of carbonyl (C=O) groups excluding carboxylic acids is 1. The van der Waals surface area contributed by atoms with Gasteiger partial charge in [0, 0.05) is 12.0 Å². The fourth-order valence-electron chi connectivity index (χ4n) is 3.46. The summed E-state index contributed by atoms with van der Waals surface area (Å²) in [4.78, 5) is 22.0. The average Bonchev–Trinajstić information content (AvgIpc) is 2.84. The number of carbonyl (C=O) groups is 1. The molecule has 0 aliphatic rings. The lowest BCUT2D eigenvalue weighted by atomic mass is 10.1. The molecule has 4 nitrogen and oxygen atoms in total. The van der Waals surface area contributed by atoms with Crippen LogP contribution in [0.1, 0.15) is 23.2 Å². The van der Waals surface area contributed by atoms with Gasteiger partial charge in [-0.25, -0.2) is 9.97 Å². The first-order chi connectivity index (χ1) is 15.3. The lowest BCUT2D eigenvalue weighted by molar-refractivity contribution is -0.116. The van der Waals surface area contributed by atoms with Gasteiger partial charge in [-0.05, 0) is 30.4 Å². The number of amides is 1. The van der Waals surface area contributed by atoms with E-state index >= 15 is 0 Å². The predicted molar refractivity (Wildman–Crippen MR) is 125 cm³/mol. The molecule has 0 atom stereocenters. The summed E-state index contributed by atoms with van der Waals surface area (Å²) in [6, 6.07) is 30.3. The van der Waals surface area contributed by atoms with E-state index in [-0.39, 0.29) is 5.91 Å². The Balaban J connectivity index is 1.51. The third-order valence-electron chi connectivity index (χ3n) is 5.15. The van der Waals surface area contributed by atoms with Gasteiger partial charge < -0.3 is 5.32 Å². The van der Waals surface area contributed by atoms with E-state index in [1.165, 1.54) is 5.56 Å². The molecular weight excluding hydrogens is 382 g/mol. The second kappa shape index (κ2) is 10.3. The first-order valence-corrected chi connectivity index (χ1v) is 10.6. The van der Waals surface area contributed by atoms with Crippen LogP contribution in [0.3, 0.4) is 0 Å². The fourth-order valence-corrected chi connectivity index (χ4v) is 3.46. The Kier molecular flexibility index (Phi) is 6.81. The van der Waals surface area contributed by atoms with Crippen LogP contribution in [0.15, 0.2) is 97.2 Å². The molecule has 3 aromatic carbocycles. The molecular formula is C27H25N3O. The molecule has 1 N–H and O–H groups in total. The molecule has 0 unspecified atom stereocenters. The van der Waals surface area contributed by atoms with E-state index in [4.69, 9.17) is 4.98 Å². The van der Waals surface area contributed by atoms with Gasteiger partial charge in [0.05, 0.1) is 17.6 Å². The number of aryl methyl sites for hydroxylation is 3. The van der Waals surface area contributed by atoms with Crippen molar-refractivity contribution >= 4 is 11.7 Å². The monoisotopic (exact) mass is 407 g/mol. The highest BCUT2D eigenvalue weighted by atomic mass is 16.1. The standard InChI is InChI=1S/C27H25N3O/c31-26(19-17-22-12-6-2-7-13-22)30-27-24(18-16-21-10-4-1-5-11-21)29-25(20-28-27)23-14-8-3-9-15-23/h1-15,20H,16-19H2,(H,28,30,31). The van der Waals surface area contributed by atoms with Crippen molar-refractivity contribution in [2.75, 3.05) is 5.32 Å². The van der Waals surface area contributed by atoms with Crippen molar-refractivity contribution in [1.82, 2.24) is 9.97 Å². The summed E-state index contributed by atoms with van der Waals surface area (Å²) < 4.78 is 0. The maximum absolute atomic E-state index is 12.6. The SMILES string of the molecule is O=C(CCc1ccccc1)Nc1ncc(-c2ccccc2)nc1CCc1ccccc1. The quantitative estimate of drug-likeness (QED) is 0.420. The highest BCUT2D eigenvalue weighted by Gasteiger charge is 2.12. The molecule has 4 rings (SSSR count). The molecule has 31 heavy (non-hydrogen) atoms. The Morgan fingerprint density at radius 2 is 1.29 bits per heavy atom. The van der Waals surface area contributed by atoms with Crippen molar-refractivity contribution in [3.8, 4) is 11.3 Å². The Labute approximate surface area is 183 Å². The molecule has 1 amide bonds. The average molecular weight is 408 g/mol. The number of aromatic nitrogens is 2. The Morgan fingerprint density at radius 3 is 1.94 bits per heavy atom. The van der Waals surface area contributed by atoms with Gasteiger partial charge in [0.2, 0.25) is 5.91 Å². The van der Waals surface area contributed by atoms with Gasteiger partial charge in [0.25, 0.3) is 0 Å². The Bertz CT molecular complexity index is 1110. The molecule has 4 aromatic rings. The largest absolute Gasteiger partial charge is 0.309 e. The summed E-state index contributed by atoms with van der Waals surface area (Å²) in [7, 11) is 0. The zero-order valence-corrected chi connectivity index (χ0v) is 17.4. The first-order valence-electron chi connectivity index (χ1n) is 10.6. The summed E-state index contributed by atoms with van der Waals surface area (Å²) >= 11 is 0. The van der Waals surface area contributed by atoms with Crippen molar-refractivity contribution in [3.05, 3.63) is 114 Å². The lowest BCUT2D eigenvalue weighted by Crippen LogP contribution is -2.16. The summed E-state index contributed by atoms with van der Waals surface area (Å²) in [6.45, 7) is 0. The summed E-state index contributed by atoms with van der Waals surface area (Å²) in [5, 5.41) is 2.98. The van der Waals surface area contributed by atoms with Crippen LogP contribution in [0, 0.1) is 0 Å². The van der Waals surface area contributed by atoms with Crippen LogP contribution >= 0.6 is 0 Å². The van der Waals surface area contributed by atoms with E-state index in [0.717, 1.165) is 28.9 Å². The number of nitrogens with one attached hydrogen (secondary N) is 1. The van der Waals surface area contributed by atoms with Crippen molar-refractivity contribution in [1.29, 1.82) is 0 Å². The van der Waals surface area contributed by atoms with Gasteiger partial charge in [0.1, 0.15) is 0 Å². The second-order valence-corrected chi connectivity index (χ2v) is 7.44. The highest BCUT2D eigenvalue weighted by Crippen LogP contribution is 2.21. The third-order valence-corrected chi connectivity index (χ3v) is 5.15. The van der Waals surface area contributed by atoms with Gasteiger partial charge >= 0.3 is 0 Å². The van der Waals surface area contributed by atoms with Gasteiger partial charge in [-0.1, -0.05) is 91.0 Å². The van der Waals surface area contributed by atoms with Gasteiger partial charge in [-0.3, -0.25) is 4.79 Å². The van der Waals surface area contributed by atoms with Crippen LogP contribution in [0.2, 0.25) is 0 Å². The van der Waals surface area contributed by atoms with Crippen LogP contribution in [-0.4, -0.2) is 15.9 Å². The molecule has 0 saturated carbocycles. The maximum atomic E-state index is 12.6. The van der Waals surface area contributed by atoms with Crippen LogP contribution in [0.5, 0.6) is 0 Å². The molecule has 154 valence electrons. The first kappa shape index (κ1) is 20.5. The number of rotatable bonds is 8. The highest BCUT2D eigenvalue weighted by molar-refractivity contribution is 5.90. The predicted octanol–water partition coefficient (Wildman–Crippen LogP) is 5.50. The minimum atomic E-state index is -0.0495. The number of benzene rings is 3. The molecule has 0 radical (unpaired) electrons. The van der Waals surface area contributed by atoms with E-state index in [2.05, 4.69) is 22.4 Å². The van der Waals surface area contributed by atoms with Crippen LogP contribution in [-0.2, 0) is 24.1 Å². The molecule has 0 aliphatic carbocycles. The minimum absolute atomic E-state index is 0.0495. The van der Waals surface area contributed by atoms with E-state index in [1.54, 1.807) is 6.20 Å². The van der Waals surface area contributed by atoms with Gasteiger partial charge in [-0.2, -0.15) is 0 Å². The van der Waals surface area contributed by atoms with E-state index in [0.29, 0.717) is 25.1 Å². The zero-order chi connectivity index (χ0) is 21.3. The normalized spacial score (nSPS) is 10.6. The minimum Gasteiger partial charge on any atom is -0.309 e. The molecule has 0 bridgehead atoms. The van der Waals surface area contributed by atoms with Crippen LogP contribution in [0.25, 0.3) is 11.3 Å². The molecule has 0 fully saturated rings. The van der Waals surface area contributed by atoms with Crippen molar-refractivity contribution in [3.63, 3.8) is 0 Å². The van der Waals surface area contributed by atoms with Crippen LogP contribution < -0.4 is 5.32 Å². The summed E-state index contributed by atoms with van der Waals surface area (Å²) in [5.41, 5.74) is 5.00. The van der Waals surface area contributed by atoms with Crippen molar-refractivity contribution in [2.24, 2.45) is 0 Å². The number of hydrogen-bond donors (Lipinski definition) is 1. The van der Waals surface area contributed by atoms with Crippen molar-refractivity contribution < 1.29 is 4.79 Å². The fraction of sp³-hybridized carbons (Fsp3) is 0.148. The summed E-state index contributed by atoms with van der Waals surface area (Å²) in [5.74, 6) is 0.500. The number of hydrogen-bond acceptors (Lipinski definition) is 3. The molecule has 0 spiro atoms. The zero-order valence-electron chi connectivity index (χ0n) is 17.4. The lowest BCUT2D eigenvalue weighted by Gasteiger charge is -2.12. The molecule has 1 heterocycles. The topological polar surface area (TPSA) is 54.9 Å². The van der Waals surface area contributed by atoms with Gasteiger partial charge in [0.15, 0.2) is 5.82 Å². The number of anilines is 1. The molecule has 4 heteroatoms. The van der Waals surface area contributed by atoms with E-state index in [9.17, 15) is 4.79 Å². The van der Waals surface area contributed by atoms with E-state index in [1.807, 2.05) is 78.9 Å². The van der Waals surface area contributed by atoms with Crippen molar-refractivity contribution in [2.45, 2.75) is 25.7 Å². The van der Waals surface area contributed by atoms with Crippen LogP contribution in [0.4, 0.5) is 5.82 Å². The Hall–Kier alpha value is -3.79. The second-order valence-electron chi connectivity index (χ2n) is 7.44. The van der Waals surface area contributed by atoms with Gasteiger partial charge in [-0.15, -0.1) is 0 Å². The third kappa shape index (κ3) is 5.86. The number of nitrogens with zero attached hydrogens (tertiary/aromatic N) is 2. The Morgan fingerprint density at radius 1 is 0.710 bits per heavy atom.